The van der Waals surface area contributed by atoms with E-state index in [4.69, 9.17) is 11.6 Å². The van der Waals surface area contributed by atoms with Crippen molar-refractivity contribution in [2.24, 2.45) is 17.3 Å². The summed E-state index contributed by atoms with van der Waals surface area (Å²) in [5.74, 6) is 2.14. The molecule has 1 aromatic heterocycles. The third kappa shape index (κ3) is 2.94. The molecule has 1 N–H and O–H groups in total. The van der Waals surface area contributed by atoms with Gasteiger partial charge in [-0.3, -0.25) is 4.79 Å². The van der Waals surface area contributed by atoms with Crippen LogP contribution in [0.2, 0.25) is 0 Å². The highest BCUT2D eigenvalue weighted by molar-refractivity contribution is 8.01. The molecular weight excluding hydrogens is 350 g/mol. The summed E-state index contributed by atoms with van der Waals surface area (Å²) < 4.78 is 0.861. The van der Waals surface area contributed by atoms with E-state index in [-0.39, 0.29) is 16.2 Å². The van der Waals surface area contributed by atoms with Crippen molar-refractivity contribution in [3.05, 3.63) is 12.7 Å². The predicted octanol–water partition coefficient (Wildman–Crippen LogP) is 4.33. The Hall–Kier alpha value is -0.590. The molecule has 4 aliphatic rings. The van der Waals surface area contributed by atoms with Crippen molar-refractivity contribution in [1.82, 2.24) is 10.2 Å². The number of carbonyl (C=O) groups excluding carboxylic acids is 1. The molecule has 4 atom stereocenters. The maximum absolute atomic E-state index is 13.0. The number of anilines is 1. The summed E-state index contributed by atoms with van der Waals surface area (Å²) in [5, 5.41) is 11.8. The van der Waals surface area contributed by atoms with Crippen LogP contribution in [0.25, 0.3) is 0 Å². The van der Waals surface area contributed by atoms with Crippen LogP contribution < -0.4 is 5.32 Å². The number of thioether (sulfide) groups is 1. The van der Waals surface area contributed by atoms with E-state index < -0.39 is 0 Å². The van der Waals surface area contributed by atoms with Crippen molar-refractivity contribution in [1.29, 1.82) is 0 Å². The SMILES string of the molecule is C=CCSc1nnc(NC(=O)C23C[C@@H]4C[C@@H](CC(Cl)(C4)C2)C3)s1. The van der Waals surface area contributed by atoms with Crippen LogP contribution in [-0.4, -0.2) is 26.7 Å². The molecule has 0 radical (unpaired) electrons. The fourth-order valence-corrected chi connectivity index (χ4v) is 7.30. The summed E-state index contributed by atoms with van der Waals surface area (Å²) in [4.78, 5) is 12.8. The number of halogens is 1. The van der Waals surface area contributed by atoms with Crippen LogP contribution in [-0.2, 0) is 4.79 Å². The van der Waals surface area contributed by atoms with Gasteiger partial charge in [0.15, 0.2) is 4.34 Å². The lowest BCUT2D eigenvalue weighted by molar-refractivity contribution is -0.138. The molecule has 0 aromatic carbocycles. The zero-order valence-electron chi connectivity index (χ0n) is 12.9. The number of hydrogen-bond donors (Lipinski definition) is 1. The van der Waals surface area contributed by atoms with E-state index in [9.17, 15) is 4.79 Å². The van der Waals surface area contributed by atoms with Gasteiger partial charge in [0, 0.05) is 10.6 Å². The Morgan fingerprint density at radius 2 is 2.13 bits per heavy atom. The quantitative estimate of drug-likeness (QED) is 0.363. The zero-order chi connectivity index (χ0) is 16.1. The summed E-state index contributed by atoms with van der Waals surface area (Å²) in [5.41, 5.74) is -0.286. The monoisotopic (exact) mass is 369 g/mol. The maximum atomic E-state index is 13.0. The van der Waals surface area contributed by atoms with Crippen molar-refractivity contribution in [3.63, 3.8) is 0 Å². The van der Waals surface area contributed by atoms with Crippen molar-refractivity contribution < 1.29 is 4.79 Å². The molecule has 0 saturated heterocycles. The third-order valence-electron chi connectivity index (χ3n) is 5.42. The molecule has 4 saturated carbocycles. The minimum absolute atomic E-state index is 0.105. The van der Waals surface area contributed by atoms with Crippen LogP contribution in [0.3, 0.4) is 0 Å². The zero-order valence-corrected chi connectivity index (χ0v) is 15.3. The first-order valence-corrected chi connectivity index (χ1v) is 10.3. The number of aromatic nitrogens is 2. The largest absolute Gasteiger partial charge is 0.300 e. The van der Waals surface area contributed by atoms with Gasteiger partial charge in [-0.1, -0.05) is 29.2 Å². The average Bonchev–Trinajstić information content (AvgIpc) is 2.90. The van der Waals surface area contributed by atoms with Crippen molar-refractivity contribution in [2.75, 3.05) is 11.1 Å². The first kappa shape index (κ1) is 15.9. The second-order valence-corrected chi connectivity index (χ2v) is 10.4. The molecule has 2 unspecified atom stereocenters. The summed E-state index contributed by atoms with van der Waals surface area (Å²) in [6, 6.07) is 0. The smallest absolute Gasteiger partial charge is 0.232 e. The molecule has 1 aromatic rings. The molecule has 5 rings (SSSR count). The lowest BCUT2D eigenvalue weighted by Gasteiger charge is -2.59. The van der Waals surface area contributed by atoms with Gasteiger partial charge in [-0.05, 0) is 50.4 Å². The van der Waals surface area contributed by atoms with Crippen LogP contribution in [0.1, 0.15) is 38.5 Å². The highest BCUT2D eigenvalue weighted by Crippen LogP contribution is 2.64. The van der Waals surface area contributed by atoms with Crippen LogP contribution in [0.15, 0.2) is 17.0 Å². The Morgan fingerprint density at radius 3 is 2.78 bits per heavy atom. The Balaban J connectivity index is 1.48. The highest BCUT2D eigenvalue weighted by atomic mass is 35.5. The number of rotatable bonds is 5. The predicted molar refractivity (Wildman–Crippen MR) is 95.2 cm³/mol. The Labute approximate surface area is 149 Å². The van der Waals surface area contributed by atoms with E-state index in [1.165, 1.54) is 17.8 Å². The molecule has 4 aliphatic carbocycles. The van der Waals surface area contributed by atoms with Crippen molar-refractivity contribution in [2.45, 2.75) is 47.7 Å². The second-order valence-electron chi connectivity index (χ2n) is 7.32. The minimum Gasteiger partial charge on any atom is -0.300 e. The number of carbonyl (C=O) groups is 1. The molecule has 23 heavy (non-hydrogen) atoms. The summed E-state index contributed by atoms with van der Waals surface area (Å²) in [7, 11) is 0. The number of hydrogen-bond acceptors (Lipinski definition) is 5. The molecule has 0 aliphatic heterocycles. The fraction of sp³-hybridized carbons (Fsp3) is 0.688. The number of nitrogens with one attached hydrogen (secondary N) is 1. The van der Waals surface area contributed by atoms with Gasteiger partial charge >= 0.3 is 0 Å². The van der Waals surface area contributed by atoms with Gasteiger partial charge < -0.3 is 5.32 Å². The van der Waals surface area contributed by atoms with Gasteiger partial charge in [-0.15, -0.1) is 28.4 Å². The normalized spacial score (nSPS) is 37.8. The second kappa shape index (κ2) is 5.74. The fourth-order valence-electron chi connectivity index (χ4n) is 5.09. The van der Waals surface area contributed by atoms with Gasteiger partial charge in [0.05, 0.1) is 5.41 Å². The molecule has 124 valence electrons. The molecule has 4 fully saturated rings. The van der Waals surface area contributed by atoms with Gasteiger partial charge in [0.2, 0.25) is 11.0 Å². The maximum Gasteiger partial charge on any atom is 0.232 e. The molecule has 0 spiro atoms. The van der Waals surface area contributed by atoms with Crippen LogP contribution in [0, 0.1) is 17.3 Å². The molecule has 4 bridgehead atoms. The van der Waals surface area contributed by atoms with Crippen molar-refractivity contribution in [3.8, 4) is 0 Å². The Kier molecular flexibility index (Phi) is 3.97. The van der Waals surface area contributed by atoms with Gasteiger partial charge in [-0.2, -0.15) is 0 Å². The first-order valence-electron chi connectivity index (χ1n) is 8.08. The third-order valence-corrected chi connectivity index (χ3v) is 7.83. The topological polar surface area (TPSA) is 54.9 Å². The van der Waals surface area contributed by atoms with Crippen LogP contribution in [0.4, 0.5) is 5.13 Å². The number of amides is 1. The minimum atomic E-state index is -0.286. The van der Waals surface area contributed by atoms with E-state index in [1.807, 2.05) is 6.08 Å². The average molecular weight is 370 g/mol. The van der Waals surface area contributed by atoms with E-state index in [0.717, 1.165) is 42.2 Å². The number of alkyl halides is 1. The van der Waals surface area contributed by atoms with E-state index in [1.54, 1.807) is 11.8 Å². The van der Waals surface area contributed by atoms with Crippen molar-refractivity contribution >= 4 is 45.7 Å². The molecule has 4 nitrogen and oxygen atoms in total. The van der Waals surface area contributed by atoms with E-state index in [2.05, 4.69) is 22.1 Å². The molecule has 1 amide bonds. The van der Waals surface area contributed by atoms with E-state index in [0.29, 0.717) is 17.0 Å². The number of nitrogens with zero attached hydrogens (tertiary/aromatic N) is 2. The molecular formula is C16H20ClN3OS2. The summed E-state index contributed by atoms with van der Waals surface area (Å²) >= 11 is 9.82. The van der Waals surface area contributed by atoms with Gasteiger partial charge in [0.25, 0.3) is 0 Å². The van der Waals surface area contributed by atoms with E-state index >= 15 is 0 Å². The van der Waals surface area contributed by atoms with Crippen LogP contribution in [0.5, 0.6) is 0 Å². The van der Waals surface area contributed by atoms with Crippen LogP contribution >= 0.6 is 34.7 Å². The molecule has 1 heterocycles. The lowest BCUT2D eigenvalue weighted by Crippen LogP contribution is -2.57. The van der Waals surface area contributed by atoms with Gasteiger partial charge in [0.1, 0.15) is 0 Å². The Morgan fingerprint density at radius 1 is 1.39 bits per heavy atom. The summed E-state index contributed by atoms with van der Waals surface area (Å²) in [6.07, 6.45) is 8.05. The highest BCUT2D eigenvalue weighted by Gasteiger charge is 2.60. The summed E-state index contributed by atoms with van der Waals surface area (Å²) in [6.45, 7) is 3.70. The standard InChI is InChI=1S/C16H20ClN3OS2/c1-2-3-22-14-20-19-13(23-14)18-12(21)15-5-10-4-11(6-15)8-16(17,7-10)9-15/h2,10-11H,1,3-9H2,(H,18,19,21)/t10-,11+,15?,16?. The molecule has 7 heteroatoms. The van der Waals surface area contributed by atoms with Gasteiger partial charge in [-0.25, -0.2) is 0 Å². The lowest BCUT2D eigenvalue weighted by atomic mass is 9.49. The first-order chi connectivity index (χ1) is 11.0. The Bertz CT molecular complexity index is 633.